The molecule has 1 saturated carbocycles. The SMILES string of the molecule is CC1CN(S(=O)(=O)c2cc(CNC3CC3)cs2)CC(C)S1. The van der Waals surface area contributed by atoms with Crippen molar-refractivity contribution in [1.29, 1.82) is 0 Å². The van der Waals surface area contributed by atoms with Crippen LogP contribution in [-0.2, 0) is 16.6 Å². The van der Waals surface area contributed by atoms with Crippen LogP contribution in [0.3, 0.4) is 0 Å². The summed E-state index contributed by atoms with van der Waals surface area (Å²) in [6, 6.07) is 2.48. The second-order valence-electron chi connectivity index (χ2n) is 6.01. The van der Waals surface area contributed by atoms with E-state index in [9.17, 15) is 8.42 Å². The summed E-state index contributed by atoms with van der Waals surface area (Å²) in [6.07, 6.45) is 2.49. The molecule has 1 saturated heterocycles. The first-order chi connectivity index (χ1) is 9.95. The van der Waals surface area contributed by atoms with Crippen LogP contribution in [0.1, 0.15) is 32.3 Å². The van der Waals surface area contributed by atoms with Crippen LogP contribution in [0.5, 0.6) is 0 Å². The zero-order chi connectivity index (χ0) is 15.0. The predicted octanol–water partition coefficient (Wildman–Crippen LogP) is 2.51. The quantitative estimate of drug-likeness (QED) is 0.890. The standard InChI is InChI=1S/C14H22N2O2S3/c1-10-7-16(8-11(2)20-10)21(17,18)14-5-12(9-19-14)6-15-13-3-4-13/h5,9-11,13,15H,3-4,6-8H2,1-2H3. The molecule has 21 heavy (non-hydrogen) atoms. The average molecular weight is 347 g/mol. The van der Waals surface area contributed by atoms with Gasteiger partial charge < -0.3 is 5.32 Å². The van der Waals surface area contributed by atoms with E-state index in [1.54, 1.807) is 4.31 Å². The minimum atomic E-state index is -3.32. The summed E-state index contributed by atoms with van der Waals surface area (Å²) in [4.78, 5) is 0. The normalized spacial score (nSPS) is 27.9. The Hall–Kier alpha value is -0.0800. The molecule has 2 heterocycles. The minimum Gasteiger partial charge on any atom is -0.310 e. The molecule has 1 aliphatic carbocycles. The van der Waals surface area contributed by atoms with Crippen LogP contribution in [-0.4, -0.2) is 42.4 Å². The van der Waals surface area contributed by atoms with Gasteiger partial charge in [0.25, 0.3) is 10.0 Å². The van der Waals surface area contributed by atoms with Gasteiger partial charge in [0.2, 0.25) is 0 Å². The summed E-state index contributed by atoms with van der Waals surface area (Å²) in [5.41, 5.74) is 1.08. The lowest BCUT2D eigenvalue weighted by Gasteiger charge is -2.33. The first kappa shape index (κ1) is 15.8. The number of hydrogen-bond acceptors (Lipinski definition) is 5. The molecule has 7 heteroatoms. The third-order valence-electron chi connectivity index (χ3n) is 3.78. The predicted molar refractivity (Wildman–Crippen MR) is 89.5 cm³/mol. The number of sulfonamides is 1. The molecule has 1 N–H and O–H groups in total. The van der Waals surface area contributed by atoms with E-state index < -0.39 is 10.0 Å². The van der Waals surface area contributed by atoms with Crippen LogP contribution in [0, 0.1) is 0 Å². The highest BCUT2D eigenvalue weighted by molar-refractivity contribution is 8.00. The lowest BCUT2D eigenvalue weighted by Crippen LogP contribution is -2.43. The Morgan fingerprint density at radius 2 is 1.95 bits per heavy atom. The molecule has 0 amide bonds. The number of rotatable bonds is 5. The first-order valence-electron chi connectivity index (χ1n) is 7.41. The van der Waals surface area contributed by atoms with Crippen molar-refractivity contribution in [3.05, 3.63) is 17.0 Å². The summed E-state index contributed by atoms with van der Waals surface area (Å²) < 4.78 is 27.6. The fourth-order valence-corrected chi connectivity index (χ4v) is 7.08. The highest BCUT2D eigenvalue weighted by Crippen LogP contribution is 2.31. The van der Waals surface area contributed by atoms with Gasteiger partial charge >= 0.3 is 0 Å². The van der Waals surface area contributed by atoms with Gasteiger partial charge in [0.1, 0.15) is 4.21 Å². The zero-order valence-electron chi connectivity index (χ0n) is 12.4. The molecule has 3 rings (SSSR count). The molecule has 2 fully saturated rings. The molecule has 1 aromatic rings. The van der Waals surface area contributed by atoms with Gasteiger partial charge in [-0.1, -0.05) is 13.8 Å². The maximum Gasteiger partial charge on any atom is 0.252 e. The van der Waals surface area contributed by atoms with Crippen LogP contribution in [0.15, 0.2) is 15.7 Å². The Bertz CT molecular complexity index is 585. The van der Waals surface area contributed by atoms with Crippen molar-refractivity contribution in [2.45, 2.75) is 54.0 Å². The van der Waals surface area contributed by atoms with Gasteiger partial charge in [0, 0.05) is 36.2 Å². The van der Waals surface area contributed by atoms with Crippen molar-refractivity contribution < 1.29 is 8.42 Å². The molecule has 0 spiro atoms. The van der Waals surface area contributed by atoms with Gasteiger partial charge in [-0.2, -0.15) is 16.1 Å². The molecular weight excluding hydrogens is 324 g/mol. The summed E-state index contributed by atoms with van der Waals surface area (Å²) in [7, 11) is -3.32. The van der Waals surface area contributed by atoms with E-state index in [2.05, 4.69) is 19.2 Å². The molecule has 0 bridgehead atoms. The Kier molecular flexibility index (Phi) is 4.66. The van der Waals surface area contributed by atoms with E-state index >= 15 is 0 Å². The maximum atomic E-state index is 12.7. The van der Waals surface area contributed by atoms with E-state index in [1.807, 2.05) is 23.2 Å². The summed E-state index contributed by atoms with van der Waals surface area (Å²) in [5.74, 6) is 0. The Balaban J connectivity index is 1.71. The molecule has 0 radical (unpaired) electrons. The minimum absolute atomic E-state index is 0.361. The summed E-state index contributed by atoms with van der Waals surface area (Å²) in [5, 5.41) is 6.11. The van der Waals surface area contributed by atoms with Crippen LogP contribution >= 0.6 is 23.1 Å². The third-order valence-corrected chi connectivity index (χ3v) is 8.31. The van der Waals surface area contributed by atoms with Crippen molar-refractivity contribution in [3.8, 4) is 0 Å². The molecule has 2 aliphatic rings. The second-order valence-corrected chi connectivity index (χ2v) is 11.0. The molecule has 0 aromatic carbocycles. The Labute approximate surface area is 135 Å². The highest BCUT2D eigenvalue weighted by Gasteiger charge is 2.33. The fraction of sp³-hybridized carbons (Fsp3) is 0.714. The Morgan fingerprint density at radius 1 is 1.29 bits per heavy atom. The highest BCUT2D eigenvalue weighted by atomic mass is 32.2. The Morgan fingerprint density at radius 3 is 2.57 bits per heavy atom. The molecular formula is C14H22N2O2S3. The van der Waals surface area contributed by atoms with E-state index in [-0.39, 0.29) is 0 Å². The molecule has 1 aromatic heterocycles. The van der Waals surface area contributed by atoms with Crippen molar-refractivity contribution in [1.82, 2.24) is 9.62 Å². The van der Waals surface area contributed by atoms with E-state index in [4.69, 9.17) is 0 Å². The largest absolute Gasteiger partial charge is 0.310 e. The van der Waals surface area contributed by atoms with Gasteiger partial charge in [0.05, 0.1) is 0 Å². The van der Waals surface area contributed by atoms with Crippen molar-refractivity contribution >= 4 is 33.1 Å². The number of hydrogen-bond donors (Lipinski definition) is 1. The number of nitrogens with zero attached hydrogens (tertiary/aromatic N) is 1. The second kappa shape index (κ2) is 6.20. The van der Waals surface area contributed by atoms with Crippen molar-refractivity contribution in [2.24, 2.45) is 0 Å². The van der Waals surface area contributed by atoms with Crippen molar-refractivity contribution in [2.75, 3.05) is 13.1 Å². The van der Waals surface area contributed by atoms with Crippen LogP contribution in [0.4, 0.5) is 0 Å². The van der Waals surface area contributed by atoms with Crippen LogP contribution in [0.2, 0.25) is 0 Å². The number of thiophene rings is 1. The topological polar surface area (TPSA) is 49.4 Å². The summed E-state index contributed by atoms with van der Waals surface area (Å²) in [6.45, 7) is 6.21. The molecule has 2 atom stereocenters. The van der Waals surface area contributed by atoms with Crippen molar-refractivity contribution in [3.63, 3.8) is 0 Å². The molecule has 2 unspecified atom stereocenters. The van der Waals surface area contributed by atoms with Gasteiger partial charge in [-0.25, -0.2) is 8.42 Å². The molecule has 4 nitrogen and oxygen atoms in total. The average Bonchev–Trinajstić information content (AvgIpc) is 3.11. The molecule has 1 aliphatic heterocycles. The lowest BCUT2D eigenvalue weighted by molar-refractivity contribution is 0.406. The van der Waals surface area contributed by atoms with E-state index in [1.165, 1.54) is 24.2 Å². The lowest BCUT2D eigenvalue weighted by atomic mass is 10.3. The van der Waals surface area contributed by atoms with Crippen LogP contribution in [0.25, 0.3) is 0 Å². The van der Waals surface area contributed by atoms with E-state index in [0.717, 1.165) is 12.1 Å². The maximum absolute atomic E-state index is 12.7. The third kappa shape index (κ3) is 3.82. The fourth-order valence-electron chi connectivity index (χ4n) is 2.58. The first-order valence-corrected chi connectivity index (χ1v) is 10.7. The van der Waals surface area contributed by atoms with Gasteiger partial charge in [0.15, 0.2) is 0 Å². The summed E-state index contributed by atoms with van der Waals surface area (Å²) >= 11 is 3.22. The van der Waals surface area contributed by atoms with Gasteiger partial charge in [-0.3, -0.25) is 0 Å². The van der Waals surface area contributed by atoms with Gasteiger partial charge in [-0.15, -0.1) is 11.3 Å². The monoisotopic (exact) mass is 346 g/mol. The number of thioether (sulfide) groups is 1. The van der Waals surface area contributed by atoms with Gasteiger partial charge in [-0.05, 0) is 29.9 Å². The zero-order valence-corrected chi connectivity index (χ0v) is 14.9. The number of nitrogens with one attached hydrogen (secondary N) is 1. The smallest absolute Gasteiger partial charge is 0.252 e. The molecule has 118 valence electrons. The van der Waals surface area contributed by atoms with Crippen LogP contribution < -0.4 is 5.32 Å². The van der Waals surface area contributed by atoms with E-state index in [0.29, 0.717) is 33.8 Å².